The molecule has 0 spiro atoms. The van der Waals surface area contributed by atoms with Crippen LogP contribution in [0.4, 0.5) is 0 Å². The Balaban J connectivity index is 0.00000304. The van der Waals surface area contributed by atoms with E-state index in [4.69, 9.17) is 21.1 Å². The van der Waals surface area contributed by atoms with Gasteiger partial charge < -0.3 is 24.7 Å². The second-order valence-electron chi connectivity index (χ2n) is 8.95. The van der Waals surface area contributed by atoms with E-state index in [0.29, 0.717) is 47.3 Å². The van der Waals surface area contributed by atoms with Crippen molar-refractivity contribution in [1.82, 2.24) is 5.32 Å². The molecule has 3 aromatic carbocycles. The predicted octanol–water partition coefficient (Wildman–Crippen LogP) is 1.60. The minimum Gasteiger partial charge on any atom is -0.549 e. The fraction of sp³-hybridized carbons (Fsp3) is 0.286. The number of benzene rings is 3. The Labute approximate surface area is 237 Å². The van der Waals surface area contributed by atoms with Crippen LogP contribution >= 0.6 is 11.6 Å². The molecule has 0 saturated heterocycles. The summed E-state index contributed by atoms with van der Waals surface area (Å²) in [6.07, 6.45) is 3.63. The van der Waals surface area contributed by atoms with E-state index in [1.165, 1.54) is 11.1 Å². The molecular weight excluding hydrogens is 489 g/mol. The minimum absolute atomic E-state index is 0. The van der Waals surface area contributed by atoms with Crippen molar-refractivity contribution in [3.05, 3.63) is 87.9 Å². The van der Waals surface area contributed by atoms with Crippen molar-refractivity contribution in [2.45, 2.75) is 37.5 Å². The Morgan fingerprint density at radius 2 is 1.83 bits per heavy atom. The Morgan fingerprint density at radius 1 is 1.06 bits per heavy atom. The average Bonchev–Trinajstić information content (AvgIpc) is 2.87. The number of carboxylic acids is 1. The number of amides is 1. The van der Waals surface area contributed by atoms with Crippen LogP contribution in [-0.2, 0) is 11.2 Å². The van der Waals surface area contributed by atoms with Gasteiger partial charge in [-0.2, -0.15) is 0 Å². The number of rotatable bonds is 6. The summed E-state index contributed by atoms with van der Waals surface area (Å²) < 4.78 is 11.5. The molecule has 1 heterocycles. The number of halogens is 1. The largest absolute Gasteiger partial charge is 1.00 e. The van der Waals surface area contributed by atoms with E-state index in [1.807, 2.05) is 0 Å². The van der Waals surface area contributed by atoms with Gasteiger partial charge in [0.15, 0.2) is 0 Å². The van der Waals surface area contributed by atoms with Gasteiger partial charge in [-0.25, -0.2) is 0 Å². The predicted molar refractivity (Wildman–Crippen MR) is 130 cm³/mol. The first-order valence-corrected chi connectivity index (χ1v) is 12.2. The number of nitrogens with one attached hydrogen (secondary N) is 1. The third kappa shape index (κ3) is 5.73. The first-order chi connectivity index (χ1) is 17.0. The number of carboxylic acid groups (broad SMARTS) is 1. The van der Waals surface area contributed by atoms with E-state index >= 15 is 0 Å². The Kier molecular flexibility index (Phi) is 8.62. The molecule has 0 fully saturated rings. The van der Waals surface area contributed by atoms with Gasteiger partial charge in [0, 0.05) is 41.5 Å². The molecule has 3 aromatic rings. The van der Waals surface area contributed by atoms with E-state index in [2.05, 4.69) is 29.6 Å². The molecule has 0 bridgehead atoms. The second kappa shape index (κ2) is 11.7. The topological polar surface area (TPSA) is 87.7 Å². The zero-order valence-corrected chi connectivity index (χ0v) is 22.8. The summed E-state index contributed by atoms with van der Waals surface area (Å²) in [5.41, 5.74) is 3.74. The van der Waals surface area contributed by atoms with Gasteiger partial charge in [-0.3, -0.25) is 4.79 Å². The van der Waals surface area contributed by atoms with E-state index in [1.54, 1.807) is 36.4 Å². The van der Waals surface area contributed by atoms with Crippen molar-refractivity contribution < 1.29 is 53.7 Å². The molecule has 2 unspecified atom stereocenters. The maximum Gasteiger partial charge on any atom is 1.00 e. The van der Waals surface area contributed by atoms with Crippen LogP contribution in [0.15, 0.2) is 60.7 Å². The summed E-state index contributed by atoms with van der Waals surface area (Å²) in [6, 6.07) is 18.4. The monoisotopic (exact) mass is 513 g/mol. The zero-order chi connectivity index (χ0) is 24.4. The number of carbonyl (C=O) groups is 2. The van der Waals surface area contributed by atoms with E-state index in [-0.39, 0.29) is 47.1 Å². The smallest absolute Gasteiger partial charge is 0.549 e. The van der Waals surface area contributed by atoms with Crippen molar-refractivity contribution in [2.75, 3.05) is 13.2 Å². The van der Waals surface area contributed by atoms with Crippen LogP contribution in [-0.4, -0.2) is 25.0 Å². The molecule has 0 radical (unpaired) electrons. The molecule has 36 heavy (non-hydrogen) atoms. The van der Waals surface area contributed by atoms with Crippen molar-refractivity contribution in [3.63, 3.8) is 0 Å². The van der Waals surface area contributed by atoms with Crippen LogP contribution in [0.3, 0.4) is 0 Å². The molecule has 0 aromatic heterocycles. The molecule has 0 saturated carbocycles. The first-order valence-electron chi connectivity index (χ1n) is 11.8. The van der Waals surface area contributed by atoms with E-state index in [0.717, 1.165) is 19.3 Å². The number of aryl methyl sites for hydroxylation is 1. The Bertz CT molecular complexity index is 1260. The number of hydrogen-bond donors (Lipinski definition) is 1. The summed E-state index contributed by atoms with van der Waals surface area (Å²) in [5, 5.41) is 14.7. The molecular formula is C28H25ClNNaO5. The summed E-state index contributed by atoms with van der Waals surface area (Å²) >= 11 is 6.36. The van der Waals surface area contributed by atoms with Crippen molar-refractivity contribution in [2.24, 2.45) is 0 Å². The maximum atomic E-state index is 12.7. The molecule has 1 aliphatic carbocycles. The summed E-state index contributed by atoms with van der Waals surface area (Å²) in [5.74, 6) is -0.449. The van der Waals surface area contributed by atoms with Gasteiger partial charge >= 0.3 is 29.6 Å². The molecule has 5 rings (SSSR count). The number of aliphatic carboxylic acids is 1. The molecule has 180 valence electrons. The molecule has 1 N–H and O–H groups in total. The van der Waals surface area contributed by atoms with Crippen molar-refractivity contribution >= 4 is 23.5 Å². The van der Waals surface area contributed by atoms with E-state index in [9.17, 15) is 14.7 Å². The molecule has 2 aliphatic rings. The molecule has 2 atom stereocenters. The van der Waals surface area contributed by atoms with Crippen molar-refractivity contribution in [1.29, 1.82) is 0 Å². The Morgan fingerprint density at radius 3 is 2.61 bits per heavy atom. The van der Waals surface area contributed by atoms with Crippen LogP contribution < -0.4 is 49.5 Å². The van der Waals surface area contributed by atoms with Gasteiger partial charge in [0.05, 0.1) is 11.6 Å². The summed E-state index contributed by atoms with van der Waals surface area (Å²) in [4.78, 5) is 24.1. The van der Waals surface area contributed by atoms with Gasteiger partial charge in [-0.1, -0.05) is 35.9 Å². The number of hydrogen-bond acceptors (Lipinski definition) is 5. The van der Waals surface area contributed by atoms with E-state index < -0.39 is 11.9 Å². The third-order valence-electron chi connectivity index (χ3n) is 6.74. The van der Waals surface area contributed by atoms with Crippen molar-refractivity contribution in [3.8, 4) is 17.2 Å². The second-order valence-corrected chi connectivity index (χ2v) is 9.36. The normalized spacial score (nSPS) is 18.0. The fourth-order valence-electron chi connectivity index (χ4n) is 4.90. The van der Waals surface area contributed by atoms with Crippen LogP contribution in [0.1, 0.15) is 58.1 Å². The average molecular weight is 514 g/mol. The fourth-order valence-corrected chi connectivity index (χ4v) is 5.11. The quantitative estimate of drug-likeness (QED) is 0.506. The summed E-state index contributed by atoms with van der Waals surface area (Å²) in [6.45, 7) is 0.884. The third-order valence-corrected chi connectivity index (χ3v) is 7.03. The van der Waals surface area contributed by atoms with Gasteiger partial charge in [0.2, 0.25) is 0 Å². The standard InChI is InChI=1S/C28H26ClNO5.Na/c29-24-14-23-22(28(32)33)12-13-34-25(23)15-26(24)35-20-10-8-18(9-11-20)27(31)30-16-19-6-3-5-17-4-1-2-7-21(17)19;/h1-2,4,7-11,14-15,19,22H,3,5-6,12-13,16H2,(H,30,31)(H,32,33);/q;+1/p-1. The van der Waals surface area contributed by atoms with Crippen LogP contribution in [0, 0.1) is 0 Å². The molecule has 6 nitrogen and oxygen atoms in total. The summed E-state index contributed by atoms with van der Waals surface area (Å²) in [7, 11) is 0. The number of fused-ring (bicyclic) bond motifs is 2. The van der Waals surface area contributed by atoms with Gasteiger partial charge in [-0.05, 0) is 67.1 Å². The SMILES string of the molecule is O=C(NCC1CCCc2ccccc21)c1ccc(Oc2cc3c(cc2Cl)C(C(=O)[O-])CCO3)cc1.[Na+]. The maximum absolute atomic E-state index is 12.7. The first kappa shape index (κ1) is 26.6. The number of carbonyl (C=O) groups excluding carboxylic acids is 2. The van der Waals surface area contributed by atoms with Gasteiger partial charge in [0.25, 0.3) is 5.91 Å². The van der Waals surface area contributed by atoms with Gasteiger partial charge in [-0.15, -0.1) is 0 Å². The molecule has 1 aliphatic heterocycles. The minimum atomic E-state index is -1.15. The molecule has 1 amide bonds. The van der Waals surface area contributed by atoms with Gasteiger partial charge in [0.1, 0.15) is 17.2 Å². The van der Waals surface area contributed by atoms with Crippen LogP contribution in [0.5, 0.6) is 17.2 Å². The van der Waals surface area contributed by atoms with Crippen LogP contribution in [0.2, 0.25) is 5.02 Å². The zero-order valence-electron chi connectivity index (χ0n) is 20.1. The number of ether oxygens (including phenoxy) is 2. The van der Waals surface area contributed by atoms with Crippen LogP contribution in [0.25, 0.3) is 0 Å². The Hall–Kier alpha value is -2.51. The molecule has 8 heteroatoms.